The van der Waals surface area contributed by atoms with E-state index < -0.39 is 23.8 Å². The summed E-state index contributed by atoms with van der Waals surface area (Å²) in [4.78, 5) is 12.6. The molecule has 1 heterocycles. The van der Waals surface area contributed by atoms with E-state index in [1.807, 2.05) is 84.9 Å². The lowest BCUT2D eigenvalue weighted by Crippen LogP contribution is -2.44. The van der Waals surface area contributed by atoms with Crippen LogP contribution in [0.1, 0.15) is 17.5 Å². The van der Waals surface area contributed by atoms with Gasteiger partial charge >= 0.3 is 5.97 Å². The zero-order valence-corrected chi connectivity index (χ0v) is 18.5. The fraction of sp³-hybridized carbons (Fsp3) is 0.207. The SMILES string of the molecule is O=C1O[C@@H]2C[C@@]1(O)C(Cc1ccc3ccccc3c1)=C(OCc1ccc3ccccc3c1)[C@H]2O. The van der Waals surface area contributed by atoms with E-state index in [9.17, 15) is 15.0 Å². The van der Waals surface area contributed by atoms with Gasteiger partial charge in [-0.05, 0) is 38.7 Å². The van der Waals surface area contributed by atoms with Crippen molar-refractivity contribution in [3.05, 3.63) is 107 Å². The lowest BCUT2D eigenvalue weighted by atomic mass is 9.79. The highest BCUT2D eigenvalue weighted by Crippen LogP contribution is 2.44. The first-order chi connectivity index (χ1) is 16.5. The van der Waals surface area contributed by atoms with E-state index in [0.29, 0.717) is 5.57 Å². The molecule has 5 nitrogen and oxygen atoms in total. The first-order valence-electron chi connectivity index (χ1n) is 11.4. The zero-order chi connectivity index (χ0) is 23.3. The van der Waals surface area contributed by atoms with Gasteiger partial charge in [0, 0.05) is 18.4 Å². The Morgan fingerprint density at radius 1 is 0.853 bits per heavy atom. The highest BCUT2D eigenvalue weighted by atomic mass is 16.6. The van der Waals surface area contributed by atoms with Gasteiger partial charge in [-0.15, -0.1) is 0 Å². The standard InChI is InChI=1S/C29H24O5/c30-26-25-16-29(32,28(31)34-25)24(15-18-9-11-20-5-1-3-7-22(20)13-18)27(26)33-17-19-10-12-21-6-2-4-8-23(21)14-19/h1-14,25-26,30,32H,15-17H2/t25-,26+,29-/m1/s1. The number of aliphatic hydroxyl groups is 2. The number of carbonyl (C=O) groups excluding carboxylic acids is 1. The van der Waals surface area contributed by atoms with Gasteiger partial charge in [0.05, 0.1) is 0 Å². The Labute approximate surface area is 196 Å². The minimum absolute atomic E-state index is 0.0265. The van der Waals surface area contributed by atoms with Gasteiger partial charge in [-0.25, -0.2) is 4.79 Å². The number of carbonyl (C=O) groups is 1. The first kappa shape index (κ1) is 20.9. The molecule has 0 spiro atoms. The van der Waals surface area contributed by atoms with Crippen LogP contribution in [0.5, 0.6) is 0 Å². The Balaban J connectivity index is 1.37. The molecule has 4 aromatic carbocycles. The number of esters is 1. The Morgan fingerprint density at radius 2 is 1.44 bits per heavy atom. The summed E-state index contributed by atoms with van der Waals surface area (Å²) in [5.74, 6) is -0.498. The van der Waals surface area contributed by atoms with Crippen LogP contribution in [-0.2, 0) is 27.3 Å². The van der Waals surface area contributed by atoms with Crippen molar-refractivity contribution in [3.63, 3.8) is 0 Å². The van der Waals surface area contributed by atoms with Crippen molar-refractivity contribution in [2.45, 2.75) is 37.3 Å². The number of hydrogen-bond donors (Lipinski definition) is 2. The van der Waals surface area contributed by atoms with Gasteiger partial charge in [0.15, 0.2) is 5.60 Å². The monoisotopic (exact) mass is 452 g/mol. The Hall–Kier alpha value is -3.67. The topological polar surface area (TPSA) is 76.0 Å². The molecule has 170 valence electrons. The fourth-order valence-corrected chi connectivity index (χ4v) is 5.07. The van der Waals surface area contributed by atoms with Crippen molar-refractivity contribution < 1.29 is 24.5 Å². The summed E-state index contributed by atoms with van der Waals surface area (Å²) >= 11 is 0. The van der Waals surface area contributed by atoms with E-state index >= 15 is 0 Å². The molecular weight excluding hydrogens is 428 g/mol. The normalized spacial score (nSPS) is 24.0. The molecule has 0 saturated carbocycles. The number of benzene rings is 4. The molecular formula is C29H24O5. The third kappa shape index (κ3) is 3.45. The van der Waals surface area contributed by atoms with Crippen LogP contribution >= 0.6 is 0 Å². The molecule has 0 aromatic heterocycles. The van der Waals surface area contributed by atoms with Crippen LogP contribution in [0, 0.1) is 0 Å². The number of hydrogen-bond acceptors (Lipinski definition) is 5. The number of ether oxygens (including phenoxy) is 2. The predicted molar refractivity (Wildman–Crippen MR) is 129 cm³/mol. The Morgan fingerprint density at radius 3 is 2.12 bits per heavy atom. The van der Waals surface area contributed by atoms with E-state index in [4.69, 9.17) is 9.47 Å². The summed E-state index contributed by atoms with van der Waals surface area (Å²) in [6.45, 7) is 0.204. The summed E-state index contributed by atoms with van der Waals surface area (Å²) in [5, 5.41) is 26.7. The van der Waals surface area contributed by atoms with Crippen molar-refractivity contribution in [1.29, 1.82) is 0 Å². The maximum absolute atomic E-state index is 12.6. The molecule has 2 aliphatic rings. The second-order valence-corrected chi connectivity index (χ2v) is 9.12. The highest BCUT2D eigenvalue weighted by molar-refractivity contribution is 5.87. The quantitative estimate of drug-likeness (QED) is 0.438. The molecule has 1 saturated heterocycles. The van der Waals surface area contributed by atoms with E-state index in [0.717, 1.165) is 32.7 Å². The molecule has 0 unspecified atom stereocenters. The van der Waals surface area contributed by atoms with Crippen LogP contribution in [0.4, 0.5) is 0 Å². The summed E-state index contributed by atoms with van der Waals surface area (Å²) in [6, 6.07) is 28.1. The van der Waals surface area contributed by atoms with Crippen LogP contribution in [0.25, 0.3) is 21.5 Å². The third-order valence-corrected chi connectivity index (χ3v) is 6.91. The molecule has 4 aromatic rings. The maximum Gasteiger partial charge on any atom is 0.343 e. The number of fused-ring (bicyclic) bond motifs is 4. The summed E-state index contributed by atoms with van der Waals surface area (Å²) in [7, 11) is 0. The molecule has 0 amide bonds. The minimum Gasteiger partial charge on any atom is -0.490 e. The van der Waals surface area contributed by atoms with E-state index in [1.54, 1.807) is 0 Å². The summed E-state index contributed by atoms with van der Waals surface area (Å²) in [6.07, 6.45) is -1.64. The van der Waals surface area contributed by atoms with Crippen molar-refractivity contribution >= 4 is 27.5 Å². The summed E-state index contributed by atoms with van der Waals surface area (Å²) in [5.41, 5.74) is 0.420. The van der Waals surface area contributed by atoms with Crippen LogP contribution < -0.4 is 0 Å². The van der Waals surface area contributed by atoms with Crippen molar-refractivity contribution in [1.82, 2.24) is 0 Å². The molecule has 2 bridgehead atoms. The van der Waals surface area contributed by atoms with Gasteiger partial charge in [-0.3, -0.25) is 0 Å². The maximum atomic E-state index is 12.6. The minimum atomic E-state index is -1.80. The lowest BCUT2D eigenvalue weighted by Gasteiger charge is -2.32. The highest BCUT2D eigenvalue weighted by Gasteiger charge is 2.58. The predicted octanol–water partition coefficient (Wildman–Crippen LogP) is 4.43. The molecule has 6 rings (SSSR count). The van der Waals surface area contributed by atoms with E-state index in [1.165, 1.54) is 0 Å². The average Bonchev–Trinajstić information content (AvgIpc) is 3.14. The molecule has 1 aliphatic heterocycles. The molecule has 34 heavy (non-hydrogen) atoms. The van der Waals surface area contributed by atoms with Crippen molar-refractivity contribution in [2.24, 2.45) is 0 Å². The van der Waals surface area contributed by atoms with Crippen molar-refractivity contribution in [3.8, 4) is 0 Å². The first-order valence-corrected chi connectivity index (χ1v) is 11.4. The molecule has 1 aliphatic carbocycles. The van der Waals surface area contributed by atoms with Crippen LogP contribution in [0.15, 0.2) is 96.3 Å². The summed E-state index contributed by atoms with van der Waals surface area (Å²) < 4.78 is 11.5. The lowest BCUT2D eigenvalue weighted by molar-refractivity contribution is -0.153. The fourth-order valence-electron chi connectivity index (χ4n) is 5.07. The molecule has 3 atom stereocenters. The van der Waals surface area contributed by atoms with Crippen LogP contribution in [0.2, 0.25) is 0 Å². The molecule has 5 heteroatoms. The van der Waals surface area contributed by atoms with Gasteiger partial charge in [0.1, 0.15) is 24.6 Å². The second kappa shape index (κ2) is 7.97. The number of aliphatic hydroxyl groups excluding tert-OH is 1. The molecule has 1 fully saturated rings. The molecule has 0 radical (unpaired) electrons. The number of rotatable bonds is 5. The average molecular weight is 453 g/mol. The van der Waals surface area contributed by atoms with Crippen LogP contribution in [-0.4, -0.2) is 34.0 Å². The second-order valence-electron chi connectivity index (χ2n) is 9.12. The van der Waals surface area contributed by atoms with Gasteiger partial charge < -0.3 is 19.7 Å². The van der Waals surface area contributed by atoms with Gasteiger partial charge in [-0.1, -0.05) is 78.9 Å². The zero-order valence-electron chi connectivity index (χ0n) is 18.5. The van der Waals surface area contributed by atoms with E-state index in [-0.39, 0.29) is 25.2 Å². The molecule has 2 N–H and O–H groups in total. The Bertz CT molecular complexity index is 1460. The largest absolute Gasteiger partial charge is 0.490 e. The third-order valence-electron chi connectivity index (χ3n) is 6.91. The van der Waals surface area contributed by atoms with Crippen LogP contribution in [0.3, 0.4) is 0 Å². The van der Waals surface area contributed by atoms with Gasteiger partial charge in [0.25, 0.3) is 0 Å². The van der Waals surface area contributed by atoms with E-state index in [2.05, 4.69) is 0 Å². The van der Waals surface area contributed by atoms with Crippen molar-refractivity contribution in [2.75, 3.05) is 0 Å². The Kier molecular flexibility index (Phi) is 4.90. The van der Waals surface area contributed by atoms with Gasteiger partial charge in [-0.2, -0.15) is 0 Å². The van der Waals surface area contributed by atoms with Gasteiger partial charge in [0.2, 0.25) is 0 Å². The smallest absolute Gasteiger partial charge is 0.343 e.